The third kappa shape index (κ3) is 1.90. The average molecular weight is 182 g/mol. The van der Waals surface area contributed by atoms with Gasteiger partial charge < -0.3 is 4.74 Å². The number of hydrogen-bond acceptors (Lipinski definition) is 1. The molecule has 1 aliphatic carbocycles. The van der Waals surface area contributed by atoms with Gasteiger partial charge in [0.25, 0.3) is 0 Å². The van der Waals surface area contributed by atoms with Gasteiger partial charge in [-0.05, 0) is 51.4 Å². The van der Waals surface area contributed by atoms with Gasteiger partial charge in [0.15, 0.2) is 0 Å². The van der Waals surface area contributed by atoms with Gasteiger partial charge in [0.2, 0.25) is 0 Å². The van der Waals surface area contributed by atoms with Crippen LogP contribution in [0.2, 0.25) is 0 Å². The Bertz CT molecular complexity index is 186. The van der Waals surface area contributed by atoms with Crippen molar-refractivity contribution in [2.75, 3.05) is 0 Å². The lowest BCUT2D eigenvalue weighted by Crippen LogP contribution is -2.25. The predicted molar refractivity (Wildman–Crippen MR) is 54.7 cm³/mol. The first-order chi connectivity index (χ1) is 6.11. The number of rotatable bonds is 1. The fourth-order valence-corrected chi connectivity index (χ4v) is 3.16. The molecule has 1 aliphatic heterocycles. The van der Waals surface area contributed by atoms with E-state index in [4.69, 9.17) is 4.74 Å². The molecule has 1 heterocycles. The predicted octanol–water partition coefficient (Wildman–Crippen LogP) is 3.38. The molecule has 13 heavy (non-hydrogen) atoms. The molecule has 0 aromatic rings. The fourth-order valence-electron chi connectivity index (χ4n) is 3.16. The van der Waals surface area contributed by atoms with Gasteiger partial charge in [-0.15, -0.1) is 0 Å². The Balaban J connectivity index is 1.98. The third-order valence-corrected chi connectivity index (χ3v) is 3.82. The quantitative estimate of drug-likeness (QED) is 0.604. The van der Waals surface area contributed by atoms with E-state index in [0.29, 0.717) is 6.10 Å². The molecule has 2 fully saturated rings. The molecule has 0 N–H and O–H groups in total. The Labute approximate surface area is 81.9 Å². The largest absolute Gasteiger partial charge is 0.372 e. The maximum Gasteiger partial charge on any atom is 0.0634 e. The monoisotopic (exact) mass is 182 g/mol. The highest BCUT2D eigenvalue weighted by Crippen LogP contribution is 2.44. The second kappa shape index (κ2) is 3.27. The summed E-state index contributed by atoms with van der Waals surface area (Å²) in [4.78, 5) is 0. The molecule has 0 amide bonds. The Hall–Kier alpha value is -0.0400. The molecule has 0 bridgehead atoms. The molecule has 1 nitrogen and oxygen atoms in total. The minimum absolute atomic E-state index is 0.165. The summed E-state index contributed by atoms with van der Waals surface area (Å²) in [7, 11) is 0. The number of fused-ring (bicyclic) bond motifs is 1. The van der Waals surface area contributed by atoms with E-state index >= 15 is 0 Å². The standard InChI is InChI=1S/C12H22O/c1-4-9-5-6-11-10(7-9)8-12(2,3)13-11/h9-11H,4-8H2,1-3H3. The van der Waals surface area contributed by atoms with Crippen molar-refractivity contribution in [2.24, 2.45) is 11.8 Å². The lowest BCUT2D eigenvalue weighted by atomic mass is 9.77. The van der Waals surface area contributed by atoms with Gasteiger partial charge in [-0.2, -0.15) is 0 Å². The molecular weight excluding hydrogens is 160 g/mol. The summed E-state index contributed by atoms with van der Waals surface area (Å²) in [6, 6.07) is 0. The van der Waals surface area contributed by atoms with E-state index in [9.17, 15) is 0 Å². The van der Waals surface area contributed by atoms with Crippen molar-refractivity contribution in [3.8, 4) is 0 Å². The first-order valence-electron chi connectivity index (χ1n) is 5.78. The Morgan fingerprint density at radius 2 is 2.08 bits per heavy atom. The van der Waals surface area contributed by atoms with Gasteiger partial charge in [-0.1, -0.05) is 13.3 Å². The summed E-state index contributed by atoms with van der Waals surface area (Å²) in [5.41, 5.74) is 0.165. The minimum Gasteiger partial charge on any atom is -0.372 e. The third-order valence-electron chi connectivity index (χ3n) is 3.82. The zero-order chi connectivity index (χ0) is 9.47. The van der Waals surface area contributed by atoms with Gasteiger partial charge in [-0.3, -0.25) is 0 Å². The van der Waals surface area contributed by atoms with Gasteiger partial charge in [-0.25, -0.2) is 0 Å². The van der Waals surface area contributed by atoms with Crippen LogP contribution in [0.5, 0.6) is 0 Å². The van der Waals surface area contributed by atoms with Crippen molar-refractivity contribution in [1.82, 2.24) is 0 Å². The summed E-state index contributed by atoms with van der Waals surface area (Å²) in [6.45, 7) is 6.81. The van der Waals surface area contributed by atoms with Crippen LogP contribution in [0.15, 0.2) is 0 Å². The van der Waals surface area contributed by atoms with Gasteiger partial charge in [0.1, 0.15) is 0 Å². The maximum atomic E-state index is 6.05. The summed E-state index contributed by atoms with van der Waals surface area (Å²) in [6.07, 6.45) is 7.38. The zero-order valence-corrected chi connectivity index (χ0v) is 9.18. The normalized spacial score (nSPS) is 43.2. The van der Waals surface area contributed by atoms with Crippen molar-refractivity contribution in [3.63, 3.8) is 0 Å². The molecule has 2 rings (SSSR count). The Morgan fingerprint density at radius 1 is 1.31 bits per heavy atom. The van der Waals surface area contributed by atoms with E-state index in [1.54, 1.807) is 0 Å². The molecule has 0 spiro atoms. The molecular formula is C12H22O. The molecule has 0 aromatic heterocycles. The summed E-state index contributed by atoms with van der Waals surface area (Å²) in [5.74, 6) is 1.85. The van der Waals surface area contributed by atoms with Crippen LogP contribution in [0, 0.1) is 11.8 Å². The van der Waals surface area contributed by atoms with Crippen molar-refractivity contribution >= 4 is 0 Å². The highest BCUT2D eigenvalue weighted by Gasteiger charge is 2.42. The van der Waals surface area contributed by atoms with Crippen LogP contribution in [0.3, 0.4) is 0 Å². The molecule has 3 atom stereocenters. The van der Waals surface area contributed by atoms with Crippen LogP contribution in [-0.4, -0.2) is 11.7 Å². The van der Waals surface area contributed by atoms with Crippen LogP contribution < -0.4 is 0 Å². The first kappa shape index (κ1) is 9.51. The number of ether oxygens (including phenoxy) is 1. The lowest BCUT2D eigenvalue weighted by molar-refractivity contribution is -0.0352. The topological polar surface area (TPSA) is 9.23 Å². The lowest BCUT2D eigenvalue weighted by Gasteiger charge is -2.29. The van der Waals surface area contributed by atoms with E-state index in [-0.39, 0.29) is 5.60 Å². The second-order valence-corrected chi connectivity index (χ2v) is 5.47. The molecule has 76 valence electrons. The molecule has 2 aliphatic rings. The summed E-state index contributed by atoms with van der Waals surface area (Å²) in [5, 5.41) is 0. The molecule has 1 heteroatoms. The number of hydrogen-bond donors (Lipinski definition) is 0. The maximum absolute atomic E-state index is 6.05. The second-order valence-electron chi connectivity index (χ2n) is 5.47. The van der Waals surface area contributed by atoms with Crippen LogP contribution in [0.1, 0.15) is 52.9 Å². The highest BCUT2D eigenvalue weighted by molar-refractivity contribution is 4.92. The van der Waals surface area contributed by atoms with Crippen LogP contribution in [0.4, 0.5) is 0 Å². The highest BCUT2D eigenvalue weighted by atomic mass is 16.5. The van der Waals surface area contributed by atoms with Gasteiger partial charge in [0, 0.05) is 0 Å². The average Bonchev–Trinajstić information content (AvgIpc) is 2.36. The Morgan fingerprint density at radius 3 is 2.77 bits per heavy atom. The van der Waals surface area contributed by atoms with E-state index < -0.39 is 0 Å². The fraction of sp³-hybridized carbons (Fsp3) is 1.00. The molecule has 1 saturated carbocycles. The first-order valence-corrected chi connectivity index (χ1v) is 5.78. The minimum atomic E-state index is 0.165. The Kier molecular flexibility index (Phi) is 2.39. The SMILES string of the molecule is CCC1CCC2OC(C)(C)CC2C1. The van der Waals surface area contributed by atoms with Crippen LogP contribution in [-0.2, 0) is 4.74 Å². The molecule has 0 radical (unpaired) electrons. The van der Waals surface area contributed by atoms with Crippen LogP contribution in [0.25, 0.3) is 0 Å². The molecule has 0 aromatic carbocycles. The van der Waals surface area contributed by atoms with Gasteiger partial charge in [0.05, 0.1) is 11.7 Å². The van der Waals surface area contributed by atoms with Crippen molar-refractivity contribution in [3.05, 3.63) is 0 Å². The van der Waals surface area contributed by atoms with E-state index in [1.807, 2.05) is 0 Å². The van der Waals surface area contributed by atoms with Crippen LogP contribution >= 0.6 is 0 Å². The molecule has 3 unspecified atom stereocenters. The van der Waals surface area contributed by atoms with E-state index in [0.717, 1.165) is 11.8 Å². The summed E-state index contributed by atoms with van der Waals surface area (Å²) >= 11 is 0. The zero-order valence-electron chi connectivity index (χ0n) is 9.18. The van der Waals surface area contributed by atoms with Crippen molar-refractivity contribution in [1.29, 1.82) is 0 Å². The molecule has 1 saturated heterocycles. The van der Waals surface area contributed by atoms with E-state index in [1.165, 1.54) is 32.1 Å². The summed E-state index contributed by atoms with van der Waals surface area (Å²) < 4.78 is 6.05. The van der Waals surface area contributed by atoms with Crippen molar-refractivity contribution < 1.29 is 4.74 Å². The van der Waals surface area contributed by atoms with E-state index in [2.05, 4.69) is 20.8 Å². The smallest absolute Gasteiger partial charge is 0.0634 e. The van der Waals surface area contributed by atoms with Crippen molar-refractivity contribution in [2.45, 2.75) is 64.6 Å². The van der Waals surface area contributed by atoms with Gasteiger partial charge >= 0.3 is 0 Å².